The standard InChI is InChI=1S/C17H23N5O5/c1-20-15-14(16(26)21(2)17(20)27)22(9-19-15)6-5-18-8-13(25)10-3-4-11(23)12(24)7-10/h3-4,7,9,13-15,18,23-25H,5-6,8H2,1-2H3. The molecule has 3 rings (SSSR count). The summed E-state index contributed by atoms with van der Waals surface area (Å²) in [5.41, 5.74) is 0.477. The van der Waals surface area contributed by atoms with E-state index in [0.29, 0.717) is 18.7 Å². The van der Waals surface area contributed by atoms with Gasteiger partial charge in [0, 0.05) is 33.7 Å². The maximum absolute atomic E-state index is 12.4. The van der Waals surface area contributed by atoms with Gasteiger partial charge in [-0.05, 0) is 17.7 Å². The number of aromatic hydroxyl groups is 2. The second-order valence-electron chi connectivity index (χ2n) is 6.62. The van der Waals surface area contributed by atoms with E-state index in [1.54, 1.807) is 18.3 Å². The van der Waals surface area contributed by atoms with E-state index in [2.05, 4.69) is 10.3 Å². The zero-order valence-electron chi connectivity index (χ0n) is 15.1. The van der Waals surface area contributed by atoms with Crippen LogP contribution in [0.25, 0.3) is 0 Å². The second-order valence-corrected chi connectivity index (χ2v) is 6.62. The number of aliphatic imine (C=N–C) groups is 1. The van der Waals surface area contributed by atoms with Crippen LogP contribution in [-0.2, 0) is 4.79 Å². The summed E-state index contributed by atoms with van der Waals surface area (Å²) < 4.78 is 0. The summed E-state index contributed by atoms with van der Waals surface area (Å²) in [6.07, 6.45) is 0.196. The predicted molar refractivity (Wildman–Crippen MR) is 96.3 cm³/mol. The number of urea groups is 1. The molecule has 3 atom stereocenters. The minimum absolute atomic E-state index is 0.232. The predicted octanol–water partition coefficient (Wildman–Crippen LogP) is -0.717. The molecule has 2 heterocycles. The molecule has 0 spiro atoms. The summed E-state index contributed by atoms with van der Waals surface area (Å²) in [4.78, 5) is 33.0. The van der Waals surface area contributed by atoms with Crippen LogP contribution in [0.4, 0.5) is 4.79 Å². The molecule has 1 aromatic carbocycles. The van der Waals surface area contributed by atoms with Crippen LogP contribution >= 0.6 is 0 Å². The molecule has 4 N–H and O–H groups in total. The summed E-state index contributed by atoms with van der Waals surface area (Å²) in [6.45, 7) is 1.18. The van der Waals surface area contributed by atoms with Crippen LogP contribution in [0.5, 0.6) is 11.5 Å². The van der Waals surface area contributed by atoms with E-state index in [0.717, 1.165) is 4.90 Å². The lowest BCUT2D eigenvalue weighted by molar-refractivity contribution is -0.136. The van der Waals surface area contributed by atoms with Crippen molar-refractivity contribution < 1.29 is 24.9 Å². The highest BCUT2D eigenvalue weighted by Crippen LogP contribution is 2.27. The zero-order chi connectivity index (χ0) is 19.7. The number of amides is 3. The Hall–Kier alpha value is -2.85. The highest BCUT2D eigenvalue weighted by Gasteiger charge is 2.48. The molecule has 2 aliphatic heterocycles. The van der Waals surface area contributed by atoms with Crippen LogP contribution in [-0.4, -0.2) is 94.2 Å². The Balaban J connectivity index is 1.51. The smallest absolute Gasteiger partial charge is 0.328 e. The number of aliphatic hydroxyl groups is 1. The van der Waals surface area contributed by atoms with Crippen molar-refractivity contribution >= 4 is 18.3 Å². The average molecular weight is 377 g/mol. The fraction of sp³-hybridized carbons (Fsp3) is 0.471. The molecule has 1 aromatic rings. The molecule has 1 fully saturated rings. The number of rotatable bonds is 6. The van der Waals surface area contributed by atoms with Crippen molar-refractivity contribution in [2.45, 2.75) is 18.3 Å². The lowest BCUT2D eigenvalue weighted by Crippen LogP contribution is -2.63. The zero-order valence-corrected chi connectivity index (χ0v) is 15.1. The van der Waals surface area contributed by atoms with E-state index in [-0.39, 0.29) is 30.0 Å². The van der Waals surface area contributed by atoms with Crippen molar-refractivity contribution in [3.63, 3.8) is 0 Å². The number of phenols is 2. The number of benzene rings is 1. The minimum atomic E-state index is -0.859. The van der Waals surface area contributed by atoms with Gasteiger partial charge in [0.05, 0.1) is 12.4 Å². The third-order valence-electron chi connectivity index (χ3n) is 4.85. The third kappa shape index (κ3) is 3.53. The number of carbonyl (C=O) groups excluding carboxylic acids is 2. The maximum atomic E-state index is 12.4. The molecule has 0 bridgehead atoms. The van der Waals surface area contributed by atoms with Crippen molar-refractivity contribution in [3.05, 3.63) is 23.8 Å². The Bertz CT molecular complexity index is 770. The number of fused-ring (bicyclic) bond motifs is 1. The minimum Gasteiger partial charge on any atom is -0.504 e. The lowest BCUT2D eigenvalue weighted by atomic mass is 10.1. The van der Waals surface area contributed by atoms with Gasteiger partial charge in [0.15, 0.2) is 23.7 Å². The van der Waals surface area contributed by atoms with Crippen LogP contribution in [0.15, 0.2) is 23.2 Å². The van der Waals surface area contributed by atoms with Gasteiger partial charge in [-0.25, -0.2) is 9.79 Å². The average Bonchev–Trinajstić information content (AvgIpc) is 3.08. The Kier molecular flexibility index (Phi) is 5.19. The van der Waals surface area contributed by atoms with E-state index in [1.165, 1.54) is 30.1 Å². The van der Waals surface area contributed by atoms with Crippen LogP contribution in [0.2, 0.25) is 0 Å². The SMILES string of the molecule is CN1C(=O)C2C(N=CN2CCNCC(O)c2ccc(O)c(O)c2)N(C)C1=O. The number of hydrogen-bond donors (Lipinski definition) is 4. The molecule has 1 saturated heterocycles. The Labute approximate surface area is 156 Å². The Morgan fingerprint density at radius 1 is 1.22 bits per heavy atom. The molecular weight excluding hydrogens is 354 g/mol. The third-order valence-corrected chi connectivity index (χ3v) is 4.85. The fourth-order valence-electron chi connectivity index (χ4n) is 3.21. The largest absolute Gasteiger partial charge is 0.504 e. The van der Waals surface area contributed by atoms with Crippen LogP contribution < -0.4 is 5.32 Å². The molecule has 10 nitrogen and oxygen atoms in total. The van der Waals surface area contributed by atoms with Gasteiger partial charge in [0.2, 0.25) is 0 Å². The molecule has 27 heavy (non-hydrogen) atoms. The molecule has 2 aliphatic rings. The fourth-order valence-corrected chi connectivity index (χ4v) is 3.21. The molecule has 3 amide bonds. The first-order valence-electron chi connectivity index (χ1n) is 8.55. The number of likely N-dealkylation sites (N-methyl/N-ethyl adjacent to an activating group) is 2. The van der Waals surface area contributed by atoms with E-state index < -0.39 is 18.3 Å². The van der Waals surface area contributed by atoms with Gasteiger partial charge in [0.1, 0.15) is 0 Å². The first kappa shape index (κ1) is 18.9. The molecule has 0 radical (unpaired) electrons. The van der Waals surface area contributed by atoms with Crippen molar-refractivity contribution in [1.29, 1.82) is 0 Å². The number of imide groups is 1. The molecular formula is C17H23N5O5. The Morgan fingerprint density at radius 3 is 2.67 bits per heavy atom. The normalized spacial score (nSPS) is 23.1. The maximum Gasteiger partial charge on any atom is 0.328 e. The van der Waals surface area contributed by atoms with Crippen molar-refractivity contribution in [2.24, 2.45) is 4.99 Å². The molecule has 146 valence electrons. The van der Waals surface area contributed by atoms with E-state index in [4.69, 9.17) is 0 Å². The van der Waals surface area contributed by atoms with Gasteiger partial charge in [-0.1, -0.05) is 6.07 Å². The van der Waals surface area contributed by atoms with Crippen LogP contribution in [0.3, 0.4) is 0 Å². The highest BCUT2D eigenvalue weighted by molar-refractivity contribution is 6.01. The Morgan fingerprint density at radius 2 is 1.96 bits per heavy atom. The molecule has 0 aromatic heterocycles. The number of nitrogens with one attached hydrogen (secondary N) is 1. The highest BCUT2D eigenvalue weighted by atomic mass is 16.3. The number of nitrogens with zero attached hydrogens (tertiary/aromatic N) is 4. The summed E-state index contributed by atoms with van der Waals surface area (Å²) in [5, 5.41) is 32.0. The second kappa shape index (κ2) is 7.41. The van der Waals surface area contributed by atoms with Gasteiger partial charge in [-0.15, -0.1) is 0 Å². The van der Waals surface area contributed by atoms with Gasteiger partial charge in [0.25, 0.3) is 5.91 Å². The molecule has 3 unspecified atom stereocenters. The van der Waals surface area contributed by atoms with Crippen molar-refractivity contribution in [2.75, 3.05) is 33.7 Å². The summed E-state index contributed by atoms with van der Waals surface area (Å²) in [6, 6.07) is 3.24. The van der Waals surface area contributed by atoms with Gasteiger partial charge < -0.3 is 30.4 Å². The van der Waals surface area contributed by atoms with Gasteiger partial charge in [-0.2, -0.15) is 0 Å². The topological polar surface area (TPSA) is 129 Å². The summed E-state index contributed by atoms with van der Waals surface area (Å²) in [7, 11) is 3.07. The first-order valence-corrected chi connectivity index (χ1v) is 8.55. The number of aliphatic hydroxyl groups excluding tert-OH is 1. The van der Waals surface area contributed by atoms with Crippen LogP contribution in [0, 0.1) is 0 Å². The first-order chi connectivity index (χ1) is 12.8. The molecule has 0 saturated carbocycles. The van der Waals surface area contributed by atoms with Crippen LogP contribution in [0.1, 0.15) is 11.7 Å². The molecule has 10 heteroatoms. The van der Waals surface area contributed by atoms with E-state index >= 15 is 0 Å². The lowest BCUT2D eigenvalue weighted by Gasteiger charge is -2.39. The molecule has 0 aliphatic carbocycles. The van der Waals surface area contributed by atoms with Crippen molar-refractivity contribution in [3.8, 4) is 11.5 Å². The van der Waals surface area contributed by atoms with Crippen molar-refractivity contribution in [1.82, 2.24) is 20.0 Å². The monoisotopic (exact) mass is 377 g/mol. The quantitative estimate of drug-likeness (QED) is 0.380. The van der Waals surface area contributed by atoms with E-state index in [9.17, 15) is 24.9 Å². The number of hydrogen-bond acceptors (Lipinski definition) is 8. The summed E-state index contributed by atoms with van der Waals surface area (Å²) >= 11 is 0. The summed E-state index contributed by atoms with van der Waals surface area (Å²) in [5.74, 6) is -0.822. The number of phenolic OH excluding ortho intramolecular Hbond substituents is 2. The van der Waals surface area contributed by atoms with Gasteiger partial charge in [-0.3, -0.25) is 9.69 Å². The number of carbonyl (C=O) groups is 2. The van der Waals surface area contributed by atoms with Gasteiger partial charge >= 0.3 is 6.03 Å². The van der Waals surface area contributed by atoms with E-state index in [1.807, 2.05) is 0 Å².